The molecule has 8 heteroatoms. The molecule has 1 amide bonds. The fraction of sp³-hybridized carbons (Fsp3) is 0.500. The number of aliphatic carboxylic acids is 1. The number of ether oxygens (including phenoxy) is 3. The van der Waals surface area contributed by atoms with E-state index in [1.54, 1.807) is 32.2 Å². The van der Waals surface area contributed by atoms with Gasteiger partial charge in [0.1, 0.15) is 6.04 Å². The van der Waals surface area contributed by atoms with Gasteiger partial charge in [-0.25, -0.2) is 9.59 Å². The number of rotatable bonds is 9. The highest BCUT2D eigenvalue weighted by molar-refractivity contribution is 5.81. The monoisotopic (exact) mass is 393 g/mol. The molecule has 2 rings (SSSR count). The van der Waals surface area contributed by atoms with Gasteiger partial charge in [0.25, 0.3) is 0 Å². The molecule has 154 valence electrons. The van der Waals surface area contributed by atoms with Crippen molar-refractivity contribution in [3.05, 3.63) is 35.9 Å². The van der Waals surface area contributed by atoms with Crippen molar-refractivity contribution in [3.8, 4) is 11.5 Å². The SMILES string of the molecule is C=C(C)[C@H]1C[C@@H](C(=O)O)N(C(=O)O)[C@H]1c1ccc(OC)c(OCCCOC)c1. The number of carbonyl (C=O) groups is 2. The second kappa shape index (κ2) is 9.45. The predicted octanol–water partition coefficient (Wildman–Crippen LogP) is 3.18. The maximum atomic E-state index is 11.9. The molecule has 1 aliphatic rings. The number of amides is 1. The Balaban J connectivity index is 2.41. The Morgan fingerprint density at radius 1 is 1.21 bits per heavy atom. The van der Waals surface area contributed by atoms with E-state index in [1.165, 1.54) is 7.11 Å². The maximum absolute atomic E-state index is 11.9. The second-order valence-corrected chi connectivity index (χ2v) is 6.78. The molecule has 0 unspecified atom stereocenters. The predicted molar refractivity (Wildman–Crippen MR) is 102 cm³/mol. The molecule has 0 bridgehead atoms. The van der Waals surface area contributed by atoms with Gasteiger partial charge in [-0.1, -0.05) is 18.2 Å². The van der Waals surface area contributed by atoms with E-state index in [4.69, 9.17) is 14.2 Å². The average Bonchev–Trinajstić information content (AvgIpc) is 3.06. The number of hydrogen-bond acceptors (Lipinski definition) is 5. The summed E-state index contributed by atoms with van der Waals surface area (Å²) in [5.41, 5.74) is 1.38. The van der Waals surface area contributed by atoms with Crippen LogP contribution in [0.15, 0.2) is 30.4 Å². The van der Waals surface area contributed by atoms with Crippen molar-refractivity contribution in [2.75, 3.05) is 27.4 Å². The topological polar surface area (TPSA) is 106 Å². The van der Waals surface area contributed by atoms with Gasteiger partial charge in [-0.05, 0) is 31.0 Å². The second-order valence-electron chi connectivity index (χ2n) is 6.78. The third-order valence-corrected chi connectivity index (χ3v) is 4.91. The van der Waals surface area contributed by atoms with Crippen molar-refractivity contribution in [1.82, 2.24) is 4.90 Å². The molecule has 0 spiro atoms. The highest BCUT2D eigenvalue weighted by Crippen LogP contribution is 2.46. The third kappa shape index (κ3) is 4.56. The van der Waals surface area contributed by atoms with Crippen LogP contribution in [0.25, 0.3) is 0 Å². The van der Waals surface area contributed by atoms with Crippen molar-refractivity contribution in [2.24, 2.45) is 5.92 Å². The molecule has 1 aromatic carbocycles. The molecule has 28 heavy (non-hydrogen) atoms. The molecule has 0 aliphatic carbocycles. The summed E-state index contributed by atoms with van der Waals surface area (Å²) in [4.78, 5) is 24.5. The third-order valence-electron chi connectivity index (χ3n) is 4.91. The molecule has 1 aliphatic heterocycles. The maximum Gasteiger partial charge on any atom is 0.408 e. The molecule has 0 radical (unpaired) electrons. The van der Waals surface area contributed by atoms with Crippen LogP contribution in [0.1, 0.15) is 31.4 Å². The first-order valence-electron chi connectivity index (χ1n) is 9.01. The van der Waals surface area contributed by atoms with Crippen molar-refractivity contribution < 1.29 is 34.0 Å². The van der Waals surface area contributed by atoms with Crippen molar-refractivity contribution in [3.63, 3.8) is 0 Å². The Morgan fingerprint density at radius 3 is 2.46 bits per heavy atom. The molecule has 0 aromatic heterocycles. The van der Waals surface area contributed by atoms with E-state index in [0.29, 0.717) is 36.7 Å². The Kier molecular flexibility index (Phi) is 7.28. The Hall–Kier alpha value is -2.74. The summed E-state index contributed by atoms with van der Waals surface area (Å²) in [7, 11) is 3.13. The summed E-state index contributed by atoms with van der Waals surface area (Å²) in [5, 5.41) is 19.2. The lowest BCUT2D eigenvalue weighted by atomic mass is 9.88. The first-order valence-corrected chi connectivity index (χ1v) is 9.01. The smallest absolute Gasteiger partial charge is 0.408 e. The number of benzene rings is 1. The highest BCUT2D eigenvalue weighted by Gasteiger charge is 2.48. The van der Waals surface area contributed by atoms with E-state index in [9.17, 15) is 19.8 Å². The van der Waals surface area contributed by atoms with Crippen molar-refractivity contribution >= 4 is 12.1 Å². The minimum atomic E-state index is -1.28. The Bertz CT molecular complexity index is 733. The summed E-state index contributed by atoms with van der Waals surface area (Å²) >= 11 is 0. The summed E-state index contributed by atoms with van der Waals surface area (Å²) < 4.78 is 16.1. The summed E-state index contributed by atoms with van der Waals surface area (Å²) in [6.45, 7) is 6.69. The lowest BCUT2D eigenvalue weighted by molar-refractivity contribution is -0.142. The standard InChI is InChI=1S/C20H27NO7/c1-12(2)14-11-15(19(22)23)21(20(24)25)18(14)13-6-7-16(27-4)17(10-13)28-9-5-8-26-3/h6-7,10,14-15,18H,1,5,8-9,11H2,2-4H3,(H,22,23)(H,24,25)/t14-,15+,18+/m1/s1. The molecule has 3 atom stereocenters. The number of hydrogen-bond donors (Lipinski definition) is 2. The zero-order chi connectivity index (χ0) is 20.8. The van der Waals surface area contributed by atoms with Gasteiger partial charge in [-0.15, -0.1) is 0 Å². The number of methoxy groups -OCH3 is 2. The minimum absolute atomic E-state index is 0.178. The molecular weight excluding hydrogens is 366 g/mol. The number of likely N-dealkylation sites (tertiary alicyclic amines) is 1. The Labute approximate surface area is 164 Å². The molecule has 1 aromatic rings. The van der Waals surface area contributed by atoms with E-state index in [-0.39, 0.29) is 12.3 Å². The van der Waals surface area contributed by atoms with Gasteiger partial charge in [0.15, 0.2) is 11.5 Å². The Morgan fingerprint density at radius 2 is 1.93 bits per heavy atom. The van der Waals surface area contributed by atoms with Crippen LogP contribution in [0, 0.1) is 5.92 Å². The fourth-order valence-corrected chi connectivity index (χ4v) is 3.58. The van der Waals surface area contributed by atoms with Gasteiger partial charge in [-0.3, -0.25) is 4.90 Å². The van der Waals surface area contributed by atoms with E-state index in [2.05, 4.69) is 6.58 Å². The zero-order valence-electron chi connectivity index (χ0n) is 16.4. The van der Waals surface area contributed by atoms with Gasteiger partial charge in [0.2, 0.25) is 0 Å². The number of nitrogens with zero attached hydrogens (tertiary/aromatic N) is 1. The molecule has 0 saturated carbocycles. The largest absolute Gasteiger partial charge is 0.493 e. The van der Waals surface area contributed by atoms with E-state index in [1.807, 2.05) is 0 Å². The van der Waals surface area contributed by atoms with Gasteiger partial charge in [0.05, 0.1) is 19.8 Å². The molecular formula is C20H27NO7. The van der Waals surface area contributed by atoms with Crippen LogP contribution in [-0.2, 0) is 9.53 Å². The van der Waals surface area contributed by atoms with E-state index < -0.39 is 24.1 Å². The summed E-state index contributed by atoms with van der Waals surface area (Å²) in [6.07, 6.45) is -0.415. The first-order chi connectivity index (χ1) is 13.3. The van der Waals surface area contributed by atoms with Crippen molar-refractivity contribution in [2.45, 2.75) is 31.8 Å². The average molecular weight is 393 g/mol. The van der Waals surface area contributed by atoms with Gasteiger partial charge < -0.3 is 24.4 Å². The van der Waals surface area contributed by atoms with Crippen LogP contribution in [0.5, 0.6) is 11.5 Å². The minimum Gasteiger partial charge on any atom is -0.493 e. The zero-order valence-corrected chi connectivity index (χ0v) is 16.4. The molecule has 8 nitrogen and oxygen atoms in total. The normalized spacial score (nSPS) is 21.4. The van der Waals surface area contributed by atoms with E-state index in [0.717, 1.165) is 10.5 Å². The van der Waals surface area contributed by atoms with Crippen LogP contribution in [0.3, 0.4) is 0 Å². The molecule has 2 N–H and O–H groups in total. The number of carboxylic acid groups (broad SMARTS) is 2. The summed E-state index contributed by atoms with van der Waals surface area (Å²) in [6, 6.07) is 3.36. The number of carboxylic acids is 1. The highest BCUT2D eigenvalue weighted by atomic mass is 16.5. The van der Waals surface area contributed by atoms with Crippen LogP contribution in [0.4, 0.5) is 4.79 Å². The van der Waals surface area contributed by atoms with Gasteiger partial charge in [0, 0.05) is 26.1 Å². The summed E-state index contributed by atoms with van der Waals surface area (Å²) in [5.74, 6) is -0.490. The van der Waals surface area contributed by atoms with E-state index >= 15 is 0 Å². The fourth-order valence-electron chi connectivity index (χ4n) is 3.58. The van der Waals surface area contributed by atoms with Crippen molar-refractivity contribution in [1.29, 1.82) is 0 Å². The lowest BCUT2D eigenvalue weighted by Crippen LogP contribution is -2.41. The molecule has 1 heterocycles. The van der Waals surface area contributed by atoms with Crippen LogP contribution >= 0.6 is 0 Å². The lowest BCUT2D eigenvalue weighted by Gasteiger charge is -2.29. The van der Waals surface area contributed by atoms with Crippen LogP contribution < -0.4 is 9.47 Å². The van der Waals surface area contributed by atoms with Crippen LogP contribution in [-0.4, -0.2) is 60.7 Å². The van der Waals surface area contributed by atoms with Gasteiger partial charge in [-0.2, -0.15) is 0 Å². The van der Waals surface area contributed by atoms with Crippen LogP contribution in [0.2, 0.25) is 0 Å². The quantitative estimate of drug-likeness (QED) is 0.490. The first kappa shape index (κ1) is 21.6. The van der Waals surface area contributed by atoms with Gasteiger partial charge >= 0.3 is 12.1 Å². The molecule has 1 fully saturated rings. The molecule has 1 saturated heterocycles.